The summed E-state index contributed by atoms with van der Waals surface area (Å²) in [5, 5.41) is 240. The second-order valence-corrected chi connectivity index (χ2v) is 31.8. The second kappa shape index (κ2) is 42.8. The summed E-state index contributed by atoms with van der Waals surface area (Å²) in [5.74, 6) is -3.92. The average Bonchev–Trinajstić information content (AvgIpc) is 1.24. The van der Waals surface area contributed by atoms with Crippen molar-refractivity contribution in [2.45, 2.75) is 278 Å². The first-order chi connectivity index (χ1) is 57.7. The number of nitrogens with one attached hydrogen (secondary N) is 7. The van der Waals surface area contributed by atoms with Gasteiger partial charge < -0.3 is 201 Å². The van der Waals surface area contributed by atoms with Crippen molar-refractivity contribution in [2.24, 2.45) is 0 Å². The van der Waals surface area contributed by atoms with Gasteiger partial charge in [-0.3, -0.25) is 28.8 Å². The molecule has 2 aromatic rings. The zero-order valence-corrected chi connectivity index (χ0v) is 65.7. The van der Waals surface area contributed by atoms with Crippen molar-refractivity contribution in [1.29, 1.82) is 0 Å². The Bertz CT molecular complexity index is 3730. The highest BCUT2D eigenvalue weighted by Gasteiger charge is 2.60. The number of hydrogen-bond donors (Lipinski definition) is 27. The zero-order chi connectivity index (χ0) is 87.7. The minimum absolute atomic E-state index is 0.00887. The van der Waals surface area contributed by atoms with Crippen molar-refractivity contribution in [3.63, 3.8) is 0 Å². The Labute approximate surface area is 692 Å². The third kappa shape index (κ3) is 22.1. The first-order valence-electron chi connectivity index (χ1n) is 39.2. The van der Waals surface area contributed by atoms with Crippen molar-refractivity contribution in [3.8, 4) is 0 Å². The minimum Gasteiger partial charge on any atom is -0.394 e. The number of carbonyl (C=O) groups is 7. The van der Waals surface area contributed by atoms with Crippen molar-refractivity contribution < 1.29 is 197 Å². The summed E-state index contributed by atoms with van der Waals surface area (Å²) in [4.78, 5) is 93.4. The molecule has 0 bridgehead atoms. The summed E-state index contributed by atoms with van der Waals surface area (Å²) in [7, 11) is 0. The van der Waals surface area contributed by atoms with Crippen LogP contribution in [0.2, 0.25) is 0 Å². The standard InChI is InChI=1S/C73H107N7O40S/c1-25(87)75-43-51(97)60(35(21-85)109-66(43)79-40(90)16-74-65(106)41(27-12-14-29(15-13-27)45(91)28-8-4-3-5-9-28)78-39(89)11-7-6-10-38-42-30(24-121-38)77-73(107)80-42)116-67-44(76-26(2)88)52(98)61(36(22-86)114-67)117-70-59(105)62(50(96)37(115-70)23-108-68-57(103)53(99)46(92)31(17-81)110-68)118-71-64(56(102)49(95)33(19-83)112-71)120-72-63(55(101)48(94)34(20-84)113-72)119-69-58(104)54(100)47(93)32(18-82)111-69/h3-5,8-9,12-15,30-38,41-44,46-64,66-72,81-86,92-105H,6-7,10-11,16-24H2,1-2H3,(H,74,106)(H,75,87)(H,76,88)(H,78,89)(H,79,90)(H2,77,80,107)/t30?,31-,32-,33-,34-,35-,36-,37-,38+,41?,42?,43-,44-,46-,47-,48-,49-,50-,51-,52-,53+,54+,55+,56+,57+,58+,59+,60-,61-,62+,63+,64+,66-,67+,68+,69-,70+,71-,72-/m1/s1. The quantitative estimate of drug-likeness (QED) is 0.0176. The lowest BCUT2D eigenvalue weighted by atomic mass is 9.93. The van der Waals surface area contributed by atoms with Gasteiger partial charge in [0.1, 0.15) is 177 Å². The topological polar surface area (TPSA) is 728 Å². The van der Waals surface area contributed by atoms with Crippen LogP contribution in [0, 0.1) is 0 Å². The number of ether oxygens (including phenoxy) is 13. The lowest BCUT2D eigenvalue weighted by Gasteiger charge is -2.51. The first kappa shape index (κ1) is 95.4. The lowest BCUT2D eigenvalue weighted by Crippen LogP contribution is -2.72. The Morgan fingerprint density at radius 2 is 0.909 bits per heavy atom. The van der Waals surface area contributed by atoms with Gasteiger partial charge in [0.25, 0.3) is 0 Å². The molecule has 0 aliphatic carbocycles. The smallest absolute Gasteiger partial charge is 0.315 e. The predicted octanol–water partition coefficient (Wildman–Crippen LogP) is -13.9. The Hall–Kier alpha value is -6.24. The van der Waals surface area contributed by atoms with E-state index in [1.807, 2.05) is 0 Å². The molecule has 3 unspecified atom stereocenters. The molecule has 2 aromatic carbocycles. The molecule has 9 saturated heterocycles. The van der Waals surface area contributed by atoms with E-state index in [9.17, 15) is 136 Å². The number of unbranched alkanes of at least 4 members (excludes halogenated alkanes) is 1. The molecule has 39 atom stereocenters. The van der Waals surface area contributed by atoms with Gasteiger partial charge in [-0.05, 0) is 18.4 Å². The third-order valence-corrected chi connectivity index (χ3v) is 23.8. The minimum atomic E-state index is -2.51. The van der Waals surface area contributed by atoms with Crippen molar-refractivity contribution in [2.75, 3.05) is 58.5 Å². The number of carbonyl (C=O) groups excluding carboxylic acids is 7. The maximum atomic E-state index is 14.3. The molecule has 48 heteroatoms. The fraction of sp³-hybridized carbons (Fsp3) is 0.740. The Kier molecular flexibility index (Phi) is 33.8. The highest BCUT2D eigenvalue weighted by Crippen LogP contribution is 2.40. The van der Waals surface area contributed by atoms with Gasteiger partial charge in [0.05, 0.1) is 64.9 Å². The van der Waals surface area contributed by atoms with Crippen LogP contribution >= 0.6 is 11.8 Å². The Balaban J connectivity index is 0.801. The fourth-order valence-corrected chi connectivity index (χ4v) is 17.2. The number of fused-ring (bicyclic) bond motifs is 1. The molecule has 9 aliphatic heterocycles. The molecule has 0 radical (unpaired) electrons. The Morgan fingerprint density at radius 1 is 0.446 bits per heavy atom. The fourth-order valence-electron chi connectivity index (χ4n) is 15.7. The van der Waals surface area contributed by atoms with Crippen molar-refractivity contribution in [3.05, 3.63) is 71.3 Å². The van der Waals surface area contributed by atoms with Crippen LogP contribution < -0.4 is 37.2 Å². The van der Waals surface area contributed by atoms with Crippen LogP contribution in [0.4, 0.5) is 4.79 Å². The predicted molar refractivity (Wildman–Crippen MR) is 395 cm³/mol. The average molecular weight is 1750 g/mol. The SMILES string of the molecule is CC(=O)N[C@@H]1[C@@H](O)[C@H](O[C@@H]2O[C@H](CO)[C@@H](O[C@@H]3O[C@H](CO[C@H]4O[C@H](CO)[C@@H](O)[C@H](O)[C@@H]4O)[C@@H](O)[C@H](O[C@H]4O[C@H](CO)[C@@H](O)[C@H](O)[C@@H]4O[C@H]4O[C@H](CO)[C@@H](O)[C@H](O)[C@@H]4O[C@H]4O[C@H](CO)[C@@H](O)[C@H](O)[C@@H]4O)[C@@H]3O)[C@H](O)[C@H]2NC(C)=O)[C@@H](CO)O[C@H]1NC(=O)CNC(=O)C(NC(=O)CCCC[C@@H]1SCC2NC(=O)NC21)c1ccc(C(=O)c2ccccc2)cc1. The Morgan fingerprint density at radius 3 is 1.48 bits per heavy atom. The number of thioether (sulfide) groups is 1. The molecule has 11 rings (SSSR count). The number of ketones is 1. The third-order valence-electron chi connectivity index (χ3n) is 22.3. The number of benzene rings is 2. The normalized spacial score (nSPS) is 41.4. The van der Waals surface area contributed by atoms with E-state index < -0.39 is 303 Å². The summed E-state index contributed by atoms with van der Waals surface area (Å²) >= 11 is 1.70. The van der Waals surface area contributed by atoms with Crippen LogP contribution in [0.25, 0.3) is 0 Å². The molecule has 9 heterocycles. The van der Waals surface area contributed by atoms with E-state index in [1.165, 1.54) is 24.3 Å². The maximum absolute atomic E-state index is 14.3. The van der Waals surface area contributed by atoms with E-state index in [4.69, 9.17) is 61.6 Å². The van der Waals surface area contributed by atoms with Crippen LogP contribution in [0.1, 0.15) is 67.1 Å². The van der Waals surface area contributed by atoms with E-state index >= 15 is 0 Å². The number of urea groups is 1. The second-order valence-electron chi connectivity index (χ2n) is 30.6. The van der Waals surface area contributed by atoms with Gasteiger partial charge in [-0.2, -0.15) is 11.8 Å². The van der Waals surface area contributed by atoms with E-state index in [0.29, 0.717) is 24.8 Å². The summed E-state index contributed by atoms with van der Waals surface area (Å²) in [6.07, 6.45) is -67.3. The molecule has 121 heavy (non-hydrogen) atoms. The number of hydrogen-bond acceptors (Lipinski definition) is 41. The van der Waals surface area contributed by atoms with E-state index in [2.05, 4.69) is 37.2 Å². The summed E-state index contributed by atoms with van der Waals surface area (Å²) in [5.41, 5.74) is 0.824. The van der Waals surface area contributed by atoms with Gasteiger partial charge in [0, 0.05) is 42.4 Å². The molecule has 27 N–H and O–H groups in total. The van der Waals surface area contributed by atoms with Crippen molar-refractivity contribution >= 4 is 53.1 Å². The molecular weight excluding hydrogens is 1650 g/mol. The number of aliphatic hydroxyl groups excluding tert-OH is 20. The molecule has 9 fully saturated rings. The van der Waals surface area contributed by atoms with E-state index in [-0.39, 0.29) is 46.7 Å². The van der Waals surface area contributed by atoms with Crippen LogP contribution in [-0.4, -0.2) is 434 Å². The molecule has 9 aliphatic rings. The molecule has 7 amide bonds. The molecule has 0 saturated carbocycles. The number of amides is 7. The summed E-state index contributed by atoms with van der Waals surface area (Å²) < 4.78 is 76.9. The summed E-state index contributed by atoms with van der Waals surface area (Å²) in [6, 6.07) is 8.66. The number of rotatable bonds is 34. The monoisotopic (exact) mass is 1750 g/mol. The first-order valence-corrected chi connectivity index (χ1v) is 40.2. The van der Waals surface area contributed by atoms with Gasteiger partial charge in [0.15, 0.2) is 49.8 Å². The van der Waals surface area contributed by atoms with Crippen LogP contribution in [0.15, 0.2) is 54.6 Å². The molecule has 680 valence electrons. The van der Waals surface area contributed by atoms with Gasteiger partial charge in [-0.15, -0.1) is 0 Å². The van der Waals surface area contributed by atoms with Crippen molar-refractivity contribution in [1.82, 2.24) is 37.2 Å². The number of aliphatic hydroxyl groups is 20. The van der Waals surface area contributed by atoms with Crippen LogP contribution in [-0.2, 0) is 85.6 Å². The maximum Gasteiger partial charge on any atom is 0.315 e. The summed E-state index contributed by atoms with van der Waals surface area (Å²) in [6.45, 7) is -6.43. The van der Waals surface area contributed by atoms with Crippen LogP contribution in [0.5, 0.6) is 0 Å². The van der Waals surface area contributed by atoms with Gasteiger partial charge in [-0.25, -0.2) is 4.79 Å². The largest absolute Gasteiger partial charge is 0.394 e. The van der Waals surface area contributed by atoms with E-state index in [0.717, 1.165) is 19.6 Å². The zero-order valence-electron chi connectivity index (χ0n) is 64.9. The highest BCUT2D eigenvalue weighted by molar-refractivity contribution is 8.00. The lowest BCUT2D eigenvalue weighted by molar-refractivity contribution is -0.407. The van der Waals surface area contributed by atoms with Gasteiger partial charge in [-0.1, -0.05) is 61.0 Å². The molecule has 0 spiro atoms. The highest BCUT2D eigenvalue weighted by atomic mass is 32.2. The molecular formula is C73H107N7O40S. The van der Waals surface area contributed by atoms with Gasteiger partial charge >= 0.3 is 6.03 Å². The van der Waals surface area contributed by atoms with Crippen LogP contribution in [0.3, 0.4) is 0 Å². The molecule has 0 aromatic heterocycles. The van der Waals surface area contributed by atoms with Gasteiger partial charge in [0.2, 0.25) is 29.5 Å². The molecule has 47 nitrogen and oxygen atoms in total. The van der Waals surface area contributed by atoms with E-state index in [1.54, 1.807) is 42.1 Å².